The Balaban J connectivity index is 1.79. The van der Waals surface area contributed by atoms with E-state index in [9.17, 15) is 4.79 Å². The van der Waals surface area contributed by atoms with E-state index in [-0.39, 0.29) is 12.3 Å². The quantitative estimate of drug-likeness (QED) is 0.813. The van der Waals surface area contributed by atoms with Crippen molar-refractivity contribution in [2.24, 2.45) is 0 Å². The van der Waals surface area contributed by atoms with Crippen molar-refractivity contribution in [1.82, 2.24) is 4.98 Å². The molecule has 2 aromatic rings. The molecule has 0 bridgehead atoms. The van der Waals surface area contributed by atoms with Crippen molar-refractivity contribution in [3.8, 4) is 5.75 Å². The second kappa shape index (κ2) is 7.08. The number of halogens is 1. The van der Waals surface area contributed by atoms with Crippen LogP contribution in [0.25, 0.3) is 0 Å². The van der Waals surface area contributed by atoms with E-state index in [4.69, 9.17) is 10.5 Å². The number of hydrogen-bond donors (Lipinski definition) is 2. The second-order valence-corrected chi connectivity index (χ2v) is 5.39. The molecule has 0 spiro atoms. The molecule has 1 amide bonds. The monoisotopic (exact) mass is 349 g/mol. The Morgan fingerprint density at radius 2 is 2.10 bits per heavy atom. The molecular weight excluding hydrogens is 334 g/mol. The number of hydrogen-bond acceptors (Lipinski definition) is 4. The summed E-state index contributed by atoms with van der Waals surface area (Å²) in [5.41, 5.74) is 7.27. The molecule has 0 saturated heterocycles. The highest BCUT2D eigenvalue weighted by Crippen LogP contribution is 2.17. The lowest BCUT2D eigenvalue weighted by Crippen LogP contribution is -2.16. The molecule has 2 rings (SSSR count). The highest BCUT2D eigenvalue weighted by Gasteiger charge is 2.05. The minimum absolute atomic E-state index is 0.139. The third-order valence-electron chi connectivity index (χ3n) is 2.79. The Kier molecular flexibility index (Phi) is 5.16. The van der Waals surface area contributed by atoms with Crippen molar-refractivity contribution < 1.29 is 9.53 Å². The molecule has 0 atom stereocenters. The van der Waals surface area contributed by atoms with Gasteiger partial charge in [-0.3, -0.25) is 4.79 Å². The molecule has 0 unspecified atom stereocenters. The number of rotatable bonds is 5. The molecule has 0 aliphatic heterocycles. The van der Waals surface area contributed by atoms with Crippen molar-refractivity contribution in [3.63, 3.8) is 0 Å². The van der Waals surface area contributed by atoms with Gasteiger partial charge in [-0.15, -0.1) is 0 Å². The predicted octanol–water partition coefficient (Wildman–Crippen LogP) is 3.14. The SMILES string of the molecule is Cc1cc(NC(=O)CCOc2ccc(N)cc2)ncc1Br. The maximum atomic E-state index is 11.8. The average Bonchev–Trinajstić information content (AvgIpc) is 2.45. The summed E-state index contributed by atoms with van der Waals surface area (Å²) in [7, 11) is 0. The number of nitrogen functional groups attached to an aromatic ring is 1. The van der Waals surface area contributed by atoms with Gasteiger partial charge < -0.3 is 15.8 Å². The van der Waals surface area contributed by atoms with Crippen LogP contribution in [0.5, 0.6) is 5.75 Å². The van der Waals surface area contributed by atoms with E-state index in [2.05, 4.69) is 26.2 Å². The van der Waals surface area contributed by atoms with Crippen molar-refractivity contribution in [1.29, 1.82) is 0 Å². The maximum absolute atomic E-state index is 11.8. The number of nitrogens with one attached hydrogen (secondary N) is 1. The van der Waals surface area contributed by atoms with Crippen LogP contribution < -0.4 is 15.8 Å². The van der Waals surface area contributed by atoms with Crippen molar-refractivity contribution in [2.75, 3.05) is 17.7 Å². The Labute approximate surface area is 131 Å². The van der Waals surface area contributed by atoms with Crippen LogP contribution in [0.2, 0.25) is 0 Å². The number of amides is 1. The van der Waals surface area contributed by atoms with Crippen molar-refractivity contribution >= 4 is 33.3 Å². The number of nitrogens with two attached hydrogens (primary N) is 1. The lowest BCUT2D eigenvalue weighted by Gasteiger charge is -2.08. The zero-order valence-corrected chi connectivity index (χ0v) is 13.2. The van der Waals surface area contributed by atoms with Crippen LogP contribution >= 0.6 is 15.9 Å². The summed E-state index contributed by atoms with van der Waals surface area (Å²) < 4.78 is 6.38. The fourth-order valence-corrected chi connectivity index (χ4v) is 1.86. The van der Waals surface area contributed by atoms with Gasteiger partial charge in [-0.1, -0.05) is 0 Å². The third-order valence-corrected chi connectivity index (χ3v) is 3.62. The van der Waals surface area contributed by atoms with Crippen molar-refractivity contribution in [3.05, 3.63) is 46.6 Å². The summed E-state index contributed by atoms with van der Waals surface area (Å²) in [5.74, 6) is 1.09. The average molecular weight is 350 g/mol. The van der Waals surface area contributed by atoms with E-state index in [0.717, 1.165) is 10.0 Å². The minimum atomic E-state index is -0.139. The molecule has 21 heavy (non-hydrogen) atoms. The number of nitrogens with zero attached hydrogens (tertiary/aromatic N) is 1. The Morgan fingerprint density at radius 1 is 1.38 bits per heavy atom. The van der Waals surface area contributed by atoms with Crippen LogP contribution in [0.15, 0.2) is 41.0 Å². The first-order valence-electron chi connectivity index (χ1n) is 6.45. The molecule has 0 aliphatic rings. The van der Waals surface area contributed by atoms with Crippen LogP contribution in [-0.4, -0.2) is 17.5 Å². The normalized spacial score (nSPS) is 10.2. The van der Waals surface area contributed by atoms with Gasteiger partial charge in [0, 0.05) is 16.4 Å². The number of ether oxygens (including phenoxy) is 1. The van der Waals surface area contributed by atoms with E-state index >= 15 is 0 Å². The molecule has 0 fully saturated rings. The number of aryl methyl sites for hydroxylation is 1. The van der Waals surface area contributed by atoms with E-state index in [1.165, 1.54) is 0 Å². The summed E-state index contributed by atoms with van der Waals surface area (Å²) in [5, 5.41) is 2.73. The third kappa shape index (κ3) is 4.75. The van der Waals surface area contributed by atoms with Gasteiger partial charge in [-0.25, -0.2) is 4.98 Å². The van der Waals surface area contributed by atoms with Crippen LogP contribution in [0.3, 0.4) is 0 Å². The molecule has 0 saturated carbocycles. The molecule has 1 heterocycles. The van der Waals surface area contributed by atoms with Gasteiger partial charge in [-0.05, 0) is 58.7 Å². The molecule has 0 aliphatic carbocycles. The summed E-state index contributed by atoms with van der Waals surface area (Å²) >= 11 is 3.36. The van der Waals surface area contributed by atoms with Gasteiger partial charge in [0.2, 0.25) is 5.91 Å². The van der Waals surface area contributed by atoms with Gasteiger partial charge in [0.05, 0.1) is 13.0 Å². The minimum Gasteiger partial charge on any atom is -0.493 e. The van der Waals surface area contributed by atoms with Gasteiger partial charge in [-0.2, -0.15) is 0 Å². The standard InChI is InChI=1S/C15H16BrN3O2/c1-10-8-14(18-9-13(10)16)19-15(20)6-7-21-12-4-2-11(17)3-5-12/h2-5,8-9H,6-7,17H2,1H3,(H,18,19,20). The molecule has 3 N–H and O–H groups in total. The maximum Gasteiger partial charge on any atom is 0.228 e. The summed E-state index contributed by atoms with van der Waals surface area (Å²) in [6, 6.07) is 8.86. The number of pyridine rings is 1. The van der Waals surface area contributed by atoms with Gasteiger partial charge in [0.1, 0.15) is 11.6 Å². The summed E-state index contributed by atoms with van der Waals surface area (Å²) in [6.45, 7) is 2.23. The largest absolute Gasteiger partial charge is 0.493 e. The van der Waals surface area contributed by atoms with Gasteiger partial charge >= 0.3 is 0 Å². The fourth-order valence-electron chi connectivity index (χ4n) is 1.64. The lowest BCUT2D eigenvalue weighted by molar-refractivity contribution is -0.116. The summed E-state index contributed by atoms with van der Waals surface area (Å²) in [4.78, 5) is 15.9. The predicted molar refractivity (Wildman–Crippen MR) is 86.3 cm³/mol. The van der Waals surface area contributed by atoms with Crippen molar-refractivity contribution in [2.45, 2.75) is 13.3 Å². The number of benzene rings is 1. The van der Waals surface area contributed by atoms with Gasteiger partial charge in [0.15, 0.2) is 0 Å². The highest BCUT2D eigenvalue weighted by molar-refractivity contribution is 9.10. The zero-order chi connectivity index (χ0) is 15.2. The number of aromatic nitrogens is 1. The first kappa shape index (κ1) is 15.3. The molecule has 0 radical (unpaired) electrons. The topological polar surface area (TPSA) is 77.2 Å². The second-order valence-electron chi connectivity index (χ2n) is 4.53. The van der Waals surface area contributed by atoms with E-state index in [0.29, 0.717) is 23.9 Å². The number of carbonyl (C=O) groups excluding carboxylic acids is 1. The van der Waals surface area contributed by atoms with Crippen LogP contribution in [0.1, 0.15) is 12.0 Å². The Bertz CT molecular complexity index is 629. The number of carbonyl (C=O) groups is 1. The molecule has 110 valence electrons. The van der Waals surface area contributed by atoms with Crippen LogP contribution in [0.4, 0.5) is 11.5 Å². The van der Waals surface area contributed by atoms with E-state index in [1.807, 2.05) is 13.0 Å². The molecule has 6 heteroatoms. The molecular formula is C15H16BrN3O2. The molecule has 5 nitrogen and oxygen atoms in total. The molecule has 1 aromatic heterocycles. The molecule has 1 aromatic carbocycles. The summed E-state index contributed by atoms with van der Waals surface area (Å²) in [6.07, 6.45) is 1.91. The Hall–Kier alpha value is -2.08. The Morgan fingerprint density at radius 3 is 2.76 bits per heavy atom. The van der Waals surface area contributed by atoms with E-state index in [1.54, 1.807) is 30.5 Å². The number of anilines is 2. The highest BCUT2D eigenvalue weighted by atomic mass is 79.9. The first-order valence-corrected chi connectivity index (χ1v) is 7.24. The van der Waals surface area contributed by atoms with Gasteiger partial charge in [0.25, 0.3) is 0 Å². The fraction of sp³-hybridized carbons (Fsp3) is 0.200. The lowest BCUT2D eigenvalue weighted by atomic mass is 10.3. The van der Waals surface area contributed by atoms with Crippen LogP contribution in [0, 0.1) is 6.92 Å². The van der Waals surface area contributed by atoms with E-state index < -0.39 is 0 Å². The van der Waals surface area contributed by atoms with Crippen LogP contribution in [-0.2, 0) is 4.79 Å². The zero-order valence-electron chi connectivity index (χ0n) is 11.6. The first-order chi connectivity index (χ1) is 10.0. The smallest absolute Gasteiger partial charge is 0.228 e.